The van der Waals surface area contributed by atoms with Gasteiger partial charge in [-0.05, 0) is 49.9 Å². The van der Waals surface area contributed by atoms with Gasteiger partial charge >= 0.3 is 11.9 Å². The molecule has 0 aliphatic heterocycles. The minimum absolute atomic E-state index is 0.0369. The number of rotatable bonds is 7. The summed E-state index contributed by atoms with van der Waals surface area (Å²) in [7, 11) is 0. The maximum atomic E-state index is 9.10. The zero-order chi connectivity index (χ0) is 20.3. The number of benzene rings is 1. The van der Waals surface area contributed by atoms with E-state index in [1.165, 1.54) is 5.56 Å². The fourth-order valence-electron chi connectivity index (χ4n) is 1.96. The summed E-state index contributed by atoms with van der Waals surface area (Å²) in [6.45, 7) is 12.7. The number of hydrogen-bond donors (Lipinski definition) is 3. The Bertz CT molecular complexity index is 572. The summed E-state index contributed by atoms with van der Waals surface area (Å²) in [5.74, 6) is -2.70. The second-order valence-corrected chi connectivity index (χ2v) is 7.40. The second kappa shape index (κ2) is 11.8. The van der Waals surface area contributed by atoms with Crippen molar-refractivity contribution in [3.8, 4) is 5.75 Å². The van der Waals surface area contributed by atoms with Crippen molar-refractivity contribution in [1.82, 2.24) is 5.32 Å². The molecule has 1 aromatic carbocycles. The van der Waals surface area contributed by atoms with Crippen LogP contribution in [0, 0.1) is 0 Å². The number of carboxylic acids is 2. The van der Waals surface area contributed by atoms with E-state index in [9.17, 15) is 0 Å². The van der Waals surface area contributed by atoms with Crippen LogP contribution in [0.2, 0.25) is 5.02 Å². The highest BCUT2D eigenvalue weighted by Crippen LogP contribution is 2.33. The molecular formula is C19H30ClNO5. The van der Waals surface area contributed by atoms with Crippen LogP contribution in [-0.2, 0) is 15.0 Å². The maximum Gasteiger partial charge on any atom is 0.414 e. The molecule has 6 nitrogen and oxygen atoms in total. The van der Waals surface area contributed by atoms with Crippen molar-refractivity contribution >= 4 is 23.5 Å². The maximum absolute atomic E-state index is 9.10. The van der Waals surface area contributed by atoms with Crippen LogP contribution in [0.3, 0.4) is 0 Å². The van der Waals surface area contributed by atoms with E-state index in [2.05, 4.69) is 39.9 Å². The predicted octanol–water partition coefficient (Wildman–Crippen LogP) is 3.95. The lowest BCUT2D eigenvalue weighted by Crippen LogP contribution is -2.27. The fourth-order valence-corrected chi connectivity index (χ4v) is 2.13. The van der Waals surface area contributed by atoms with Gasteiger partial charge in [0, 0.05) is 16.6 Å². The van der Waals surface area contributed by atoms with Crippen molar-refractivity contribution in [3.63, 3.8) is 0 Å². The number of hydrogen-bond acceptors (Lipinski definition) is 4. The van der Waals surface area contributed by atoms with Crippen LogP contribution in [0.1, 0.15) is 53.0 Å². The molecule has 0 aliphatic carbocycles. The molecule has 0 amide bonds. The van der Waals surface area contributed by atoms with Crippen LogP contribution in [0.25, 0.3) is 0 Å². The molecule has 0 heterocycles. The van der Waals surface area contributed by atoms with E-state index in [4.69, 9.17) is 36.1 Å². The highest BCUT2D eigenvalue weighted by molar-refractivity contribution is 6.30. The van der Waals surface area contributed by atoms with Crippen LogP contribution in [0.4, 0.5) is 0 Å². The lowest BCUT2D eigenvalue weighted by molar-refractivity contribution is -0.159. The van der Waals surface area contributed by atoms with Gasteiger partial charge in [-0.25, -0.2) is 9.59 Å². The third-order valence-corrected chi connectivity index (χ3v) is 3.85. The zero-order valence-electron chi connectivity index (χ0n) is 16.1. The minimum atomic E-state index is -1.82. The summed E-state index contributed by atoms with van der Waals surface area (Å²) < 4.78 is 5.94. The Morgan fingerprint density at radius 3 is 2.27 bits per heavy atom. The normalized spacial score (nSPS) is 11.9. The lowest BCUT2D eigenvalue weighted by atomic mass is 9.86. The van der Waals surface area contributed by atoms with Gasteiger partial charge in [-0.3, -0.25) is 0 Å². The van der Waals surface area contributed by atoms with Gasteiger partial charge in [-0.15, -0.1) is 0 Å². The van der Waals surface area contributed by atoms with Gasteiger partial charge in [0.1, 0.15) is 5.75 Å². The smallest absolute Gasteiger partial charge is 0.414 e. The monoisotopic (exact) mass is 387 g/mol. The number of carbonyl (C=O) groups is 2. The van der Waals surface area contributed by atoms with Crippen LogP contribution in [0.15, 0.2) is 18.2 Å². The van der Waals surface area contributed by atoms with Crippen LogP contribution in [0.5, 0.6) is 5.75 Å². The standard InChI is InChI=1S/C17H28ClNO.C2H2O4/c1-6-13(2)19-10-7-11-20-16-9-8-14(18)12-15(16)17(3,4)5;3-1(4)2(5)6/h8-9,12-13,19H,6-7,10-11H2,1-5H3;(H,3,4)(H,5,6). The largest absolute Gasteiger partial charge is 0.493 e. The second-order valence-electron chi connectivity index (χ2n) is 6.97. The first-order chi connectivity index (χ1) is 12.0. The van der Waals surface area contributed by atoms with E-state index in [0.717, 1.165) is 36.8 Å². The molecule has 0 aromatic heterocycles. The predicted molar refractivity (Wildman–Crippen MR) is 103 cm³/mol. The molecule has 1 aromatic rings. The van der Waals surface area contributed by atoms with Crippen molar-refractivity contribution in [3.05, 3.63) is 28.8 Å². The minimum Gasteiger partial charge on any atom is -0.493 e. The van der Waals surface area contributed by atoms with Gasteiger partial charge in [0.25, 0.3) is 0 Å². The van der Waals surface area contributed by atoms with E-state index in [-0.39, 0.29) is 5.41 Å². The number of nitrogens with one attached hydrogen (secondary N) is 1. The third kappa shape index (κ3) is 10.3. The average Bonchev–Trinajstić information content (AvgIpc) is 2.55. The molecule has 1 atom stereocenters. The first kappa shape index (κ1) is 24.2. The molecule has 7 heteroatoms. The zero-order valence-corrected chi connectivity index (χ0v) is 16.9. The van der Waals surface area contributed by atoms with Gasteiger partial charge in [-0.2, -0.15) is 0 Å². The summed E-state index contributed by atoms with van der Waals surface area (Å²) in [6.07, 6.45) is 2.17. The molecule has 0 fully saturated rings. The molecule has 0 saturated carbocycles. The summed E-state index contributed by atoms with van der Waals surface area (Å²) in [6, 6.07) is 6.46. The topological polar surface area (TPSA) is 95.9 Å². The Morgan fingerprint density at radius 1 is 1.23 bits per heavy atom. The van der Waals surface area contributed by atoms with Crippen molar-refractivity contribution in [2.24, 2.45) is 0 Å². The Hall–Kier alpha value is -1.79. The highest BCUT2D eigenvalue weighted by Gasteiger charge is 2.19. The van der Waals surface area contributed by atoms with Crippen molar-refractivity contribution < 1.29 is 24.5 Å². The van der Waals surface area contributed by atoms with Gasteiger partial charge < -0.3 is 20.3 Å². The van der Waals surface area contributed by atoms with Crippen molar-refractivity contribution in [2.75, 3.05) is 13.2 Å². The van der Waals surface area contributed by atoms with E-state index < -0.39 is 11.9 Å². The summed E-state index contributed by atoms with van der Waals surface area (Å²) in [5.41, 5.74) is 1.20. The number of carboxylic acid groups (broad SMARTS) is 2. The molecule has 148 valence electrons. The lowest BCUT2D eigenvalue weighted by Gasteiger charge is -2.23. The van der Waals surface area contributed by atoms with E-state index in [1.807, 2.05) is 18.2 Å². The van der Waals surface area contributed by atoms with E-state index >= 15 is 0 Å². The van der Waals surface area contributed by atoms with E-state index in [0.29, 0.717) is 6.04 Å². The van der Waals surface area contributed by atoms with Crippen LogP contribution >= 0.6 is 11.6 Å². The first-order valence-corrected chi connectivity index (χ1v) is 8.99. The first-order valence-electron chi connectivity index (χ1n) is 8.61. The van der Waals surface area contributed by atoms with Gasteiger partial charge in [-0.1, -0.05) is 39.3 Å². The Morgan fingerprint density at radius 2 is 1.81 bits per heavy atom. The quantitative estimate of drug-likeness (QED) is 0.484. The Labute approximate surface area is 160 Å². The van der Waals surface area contributed by atoms with Crippen molar-refractivity contribution in [1.29, 1.82) is 0 Å². The van der Waals surface area contributed by atoms with Gasteiger partial charge in [0.15, 0.2) is 0 Å². The number of halogens is 1. The Balaban J connectivity index is 0.000000896. The molecule has 0 spiro atoms. The third-order valence-electron chi connectivity index (χ3n) is 3.62. The summed E-state index contributed by atoms with van der Waals surface area (Å²) in [5, 5.41) is 19.0. The molecule has 0 aliphatic rings. The summed E-state index contributed by atoms with van der Waals surface area (Å²) in [4.78, 5) is 18.2. The molecular weight excluding hydrogens is 358 g/mol. The number of aliphatic carboxylic acids is 2. The molecule has 1 rings (SSSR count). The Kier molecular flexibility index (Phi) is 10.9. The fraction of sp³-hybridized carbons (Fsp3) is 0.579. The van der Waals surface area contributed by atoms with E-state index in [1.54, 1.807) is 0 Å². The summed E-state index contributed by atoms with van der Waals surface area (Å²) >= 11 is 6.09. The molecule has 0 bridgehead atoms. The SMILES string of the molecule is CCC(C)NCCCOc1ccc(Cl)cc1C(C)(C)C.O=C(O)C(=O)O. The van der Waals surface area contributed by atoms with Crippen LogP contribution < -0.4 is 10.1 Å². The molecule has 0 radical (unpaired) electrons. The van der Waals surface area contributed by atoms with Crippen molar-refractivity contribution in [2.45, 2.75) is 58.9 Å². The van der Waals surface area contributed by atoms with Crippen LogP contribution in [-0.4, -0.2) is 41.3 Å². The van der Waals surface area contributed by atoms with Gasteiger partial charge in [0.2, 0.25) is 0 Å². The molecule has 1 unspecified atom stereocenters. The average molecular weight is 388 g/mol. The molecule has 3 N–H and O–H groups in total. The number of ether oxygens (including phenoxy) is 1. The van der Waals surface area contributed by atoms with Gasteiger partial charge in [0.05, 0.1) is 6.61 Å². The highest BCUT2D eigenvalue weighted by atomic mass is 35.5. The molecule has 26 heavy (non-hydrogen) atoms. The molecule has 0 saturated heterocycles.